The lowest BCUT2D eigenvalue weighted by atomic mass is 10.0. The van der Waals surface area contributed by atoms with Crippen LogP contribution in [0.25, 0.3) is 0 Å². The van der Waals surface area contributed by atoms with Gasteiger partial charge in [0.1, 0.15) is 12.1 Å². The molecule has 2 unspecified atom stereocenters. The third-order valence-electron chi connectivity index (χ3n) is 7.81. The van der Waals surface area contributed by atoms with Gasteiger partial charge in [-0.05, 0) is 77.2 Å². The summed E-state index contributed by atoms with van der Waals surface area (Å²) in [4.78, 5) is 35.7. The average Bonchev–Trinajstić information content (AvgIpc) is 2.96. The van der Waals surface area contributed by atoms with Crippen LogP contribution in [0.2, 0.25) is 0 Å². The second-order valence-corrected chi connectivity index (χ2v) is 11.9. The van der Waals surface area contributed by atoms with Crippen LogP contribution in [0.5, 0.6) is 0 Å². The van der Waals surface area contributed by atoms with E-state index in [0.29, 0.717) is 38.6 Å². The molecule has 246 valence electrons. The molecule has 4 N–H and O–H groups in total. The van der Waals surface area contributed by atoms with Crippen molar-refractivity contribution < 1.29 is 24.2 Å². The number of carboxylic acid groups (broad SMARTS) is 1. The number of rotatable bonds is 31. The average molecular weight is 595 g/mol. The van der Waals surface area contributed by atoms with Crippen molar-refractivity contribution in [2.24, 2.45) is 5.73 Å². The minimum absolute atomic E-state index is 0.0520. The molecule has 0 aliphatic carbocycles. The molecule has 0 bridgehead atoms. The van der Waals surface area contributed by atoms with Crippen molar-refractivity contribution in [1.29, 1.82) is 0 Å². The van der Waals surface area contributed by atoms with Gasteiger partial charge in [-0.2, -0.15) is 0 Å². The van der Waals surface area contributed by atoms with Crippen molar-refractivity contribution in [1.82, 2.24) is 5.32 Å². The highest BCUT2D eigenvalue weighted by Gasteiger charge is 2.19. The van der Waals surface area contributed by atoms with Gasteiger partial charge in [-0.1, -0.05) is 103 Å². The molecular weight excluding hydrogens is 528 g/mol. The maximum Gasteiger partial charge on any atom is 0.326 e. The van der Waals surface area contributed by atoms with Crippen LogP contribution >= 0.6 is 0 Å². The standard InChI is InChI=1S/C35H66N2O5/c1-3-5-6-7-8-9-10-11-12-13-14-15-16-17-18-19-23-29-34(39)42-31(25-4-2)26-21-20-22-28-33(38)37-32(35(40)41)27-24-30-36/h11-12,31-32H,3-10,13-30,36H2,1-2H3,(H,37,38)(H,40,41)/b12-11-. The summed E-state index contributed by atoms with van der Waals surface area (Å²) >= 11 is 0. The zero-order chi connectivity index (χ0) is 31.1. The van der Waals surface area contributed by atoms with E-state index in [1.165, 1.54) is 83.5 Å². The molecule has 1 amide bonds. The van der Waals surface area contributed by atoms with Gasteiger partial charge in [0.15, 0.2) is 0 Å². The molecule has 7 heteroatoms. The summed E-state index contributed by atoms with van der Waals surface area (Å²) in [5, 5.41) is 11.8. The number of allylic oxidation sites excluding steroid dienone is 2. The lowest BCUT2D eigenvalue weighted by Gasteiger charge is -2.17. The largest absolute Gasteiger partial charge is 0.480 e. The van der Waals surface area contributed by atoms with Crippen LogP contribution in [0.1, 0.15) is 174 Å². The summed E-state index contributed by atoms with van der Waals surface area (Å²) in [5.41, 5.74) is 5.44. The fourth-order valence-corrected chi connectivity index (χ4v) is 5.20. The Morgan fingerprint density at radius 1 is 0.667 bits per heavy atom. The zero-order valence-electron chi connectivity index (χ0n) is 27.4. The summed E-state index contributed by atoms with van der Waals surface area (Å²) in [5.74, 6) is -1.34. The Morgan fingerprint density at radius 3 is 1.79 bits per heavy atom. The maximum atomic E-state index is 12.4. The summed E-state index contributed by atoms with van der Waals surface area (Å²) in [6, 6.07) is -0.869. The van der Waals surface area contributed by atoms with Crippen LogP contribution in [-0.2, 0) is 19.1 Å². The Kier molecular flexibility index (Phi) is 29.2. The number of esters is 1. The van der Waals surface area contributed by atoms with Crippen LogP contribution in [0.15, 0.2) is 12.2 Å². The first kappa shape index (κ1) is 40.1. The number of carbonyl (C=O) groups excluding carboxylic acids is 2. The van der Waals surface area contributed by atoms with Crippen LogP contribution < -0.4 is 11.1 Å². The molecule has 0 rings (SSSR count). The van der Waals surface area contributed by atoms with E-state index in [1.54, 1.807) is 0 Å². The highest BCUT2D eigenvalue weighted by molar-refractivity contribution is 5.83. The van der Waals surface area contributed by atoms with E-state index < -0.39 is 12.0 Å². The fraction of sp³-hybridized carbons (Fsp3) is 0.857. The monoisotopic (exact) mass is 594 g/mol. The van der Waals surface area contributed by atoms with E-state index in [-0.39, 0.29) is 18.0 Å². The molecule has 0 aromatic rings. The molecule has 0 saturated carbocycles. The van der Waals surface area contributed by atoms with Gasteiger partial charge in [0.05, 0.1) is 0 Å². The number of carboxylic acids is 1. The van der Waals surface area contributed by atoms with E-state index >= 15 is 0 Å². The van der Waals surface area contributed by atoms with E-state index in [0.717, 1.165) is 44.9 Å². The van der Waals surface area contributed by atoms with E-state index in [9.17, 15) is 19.5 Å². The molecule has 0 spiro atoms. The van der Waals surface area contributed by atoms with Gasteiger partial charge < -0.3 is 20.9 Å². The molecule has 0 aliphatic rings. The third-order valence-corrected chi connectivity index (χ3v) is 7.81. The van der Waals surface area contributed by atoms with Gasteiger partial charge in [0.2, 0.25) is 5.91 Å². The quantitative estimate of drug-likeness (QED) is 0.0419. The van der Waals surface area contributed by atoms with Crippen molar-refractivity contribution >= 4 is 17.8 Å². The third kappa shape index (κ3) is 27.0. The molecular formula is C35H66N2O5. The highest BCUT2D eigenvalue weighted by atomic mass is 16.5. The SMILES string of the molecule is CCCCCCCC/C=C\CCCCCCCCCC(=O)OC(CCC)CCCCCC(=O)NC(CCCN)C(=O)O. The van der Waals surface area contributed by atoms with E-state index in [2.05, 4.69) is 31.3 Å². The lowest BCUT2D eigenvalue weighted by molar-refractivity contribution is -0.150. The maximum absolute atomic E-state index is 12.4. The number of aliphatic carboxylic acids is 1. The second kappa shape index (κ2) is 30.6. The fourth-order valence-electron chi connectivity index (χ4n) is 5.20. The van der Waals surface area contributed by atoms with Crippen molar-refractivity contribution in [3.63, 3.8) is 0 Å². The van der Waals surface area contributed by atoms with Crippen molar-refractivity contribution in [2.45, 2.75) is 187 Å². The number of hydrogen-bond donors (Lipinski definition) is 3. The molecule has 0 aromatic carbocycles. The van der Waals surface area contributed by atoms with Crippen LogP contribution in [-0.4, -0.2) is 41.6 Å². The molecule has 0 radical (unpaired) electrons. The summed E-state index contributed by atoms with van der Waals surface area (Å²) in [6.45, 7) is 4.77. The molecule has 7 nitrogen and oxygen atoms in total. The van der Waals surface area contributed by atoms with Crippen molar-refractivity contribution in [3.05, 3.63) is 12.2 Å². The second-order valence-electron chi connectivity index (χ2n) is 11.9. The van der Waals surface area contributed by atoms with E-state index in [4.69, 9.17) is 10.5 Å². The Labute approximate surface area is 258 Å². The topological polar surface area (TPSA) is 119 Å². The van der Waals surface area contributed by atoms with E-state index in [1.807, 2.05) is 0 Å². The van der Waals surface area contributed by atoms with Gasteiger partial charge in [0.25, 0.3) is 0 Å². The summed E-state index contributed by atoms with van der Waals surface area (Å²) < 4.78 is 5.76. The predicted molar refractivity (Wildman–Crippen MR) is 174 cm³/mol. The number of unbranched alkanes of at least 4 members (excludes halogenated alkanes) is 15. The first-order valence-electron chi connectivity index (χ1n) is 17.5. The van der Waals surface area contributed by atoms with Crippen molar-refractivity contribution in [2.75, 3.05) is 6.54 Å². The normalized spacial score (nSPS) is 12.8. The van der Waals surface area contributed by atoms with Gasteiger partial charge in [-0.3, -0.25) is 9.59 Å². The van der Waals surface area contributed by atoms with Crippen molar-refractivity contribution in [3.8, 4) is 0 Å². The van der Waals surface area contributed by atoms with Crippen LogP contribution in [0.3, 0.4) is 0 Å². The Morgan fingerprint density at radius 2 is 1.21 bits per heavy atom. The Balaban J connectivity index is 3.77. The van der Waals surface area contributed by atoms with Crippen LogP contribution in [0.4, 0.5) is 0 Å². The molecule has 0 saturated heterocycles. The van der Waals surface area contributed by atoms with Gasteiger partial charge in [-0.15, -0.1) is 0 Å². The number of carbonyl (C=O) groups is 3. The number of ether oxygens (including phenoxy) is 1. The molecule has 0 heterocycles. The first-order valence-corrected chi connectivity index (χ1v) is 17.5. The molecule has 0 fully saturated rings. The zero-order valence-corrected chi connectivity index (χ0v) is 27.4. The van der Waals surface area contributed by atoms with Gasteiger partial charge in [-0.25, -0.2) is 4.79 Å². The number of hydrogen-bond acceptors (Lipinski definition) is 5. The molecule has 0 aromatic heterocycles. The highest BCUT2D eigenvalue weighted by Crippen LogP contribution is 2.16. The molecule has 42 heavy (non-hydrogen) atoms. The lowest BCUT2D eigenvalue weighted by Crippen LogP contribution is -2.40. The smallest absolute Gasteiger partial charge is 0.326 e. The predicted octanol–water partition coefficient (Wildman–Crippen LogP) is 8.77. The van der Waals surface area contributed by atoms with Crippen LogP contribution in [0, 0.1) is 0 Å². The summed E-state index contributed by atoms with van der Waals surface area (Å²) in [7, 11) is 0. The molecule has 0 aliphatic heterocycles. The first-order chi connectivity index (χ1) is 20.4. The molecule has 2 atom stereocenters. The number of amides is 1. The minimum atomic E-state index is -1.02. The summed E-state index contributed by atoms with van der Waals surface area (Å²) in [6.07, 6.45) is 30.4. The minimum Gasteiger partial charge on any atom is -0.480 e. The Bertz CT molecular complexity index is 682. The number of nitrogens with two attached hydrogens (primary N) is 1. The van der Waals surface area contributed by atoms with Gasteiger partial charge in [0, 0.05) is 12.8 Å². The Hall–Kier alpha value is -1.89. The number of nitrogens with one attached hydrogen (secondary N) is 1. The van der Waals surface area contributed by atoms with Gasteiger partial charge >= 0.3 is 11.9 Å².